The summed E-state index contributed by atoms with van der Waals surface area (Å²) in [7, 11) is 0. The van der Waals surface area contributed by atoms with Crippen LogP contribution in [0.3, 0.4) is 0 Å². The molecule has 1 fully saturated rings. The first kappa shape index (κ1) is 32.5. The van der Waals surface area contributed by atoms with Crippen LogP contribution in [0.4, 0.5) is 0 Å². The molecule has 3 rings (SSSR count). The van der Waals surface area contributed by atoms with Crippen molar-refractivity contribution in [2.45, 2.75) is 62.9 Å². The fourth-order valence-corrected chi connectivity index (χ4v) is 5.19. The molecule has 2 aromatic carbocycles. The smallest absolute Gasteiger partial charge is 0.364 e. The topological polar surface area (TPSA) is 175 Å². The van der Waals surface area contributed by atoms with Gasteiger partial charge in [0.05, 0.1) is 24.9 Å². The van der Waals surface area contributed by atoms with Gasteiger partial charge in [-0.05, 0) is 41.2 Å². The van der Waals surface area contributed by atoms with E-state index in [9.17, 15) is 34.8 Å². The van der Waals surface area contributed by atoms with Crippen LogP contribution in [-0.2, 0) is 19.1 Å². The number of aliphatic hydroxyl groups excluding tert-OH is 3. The highest BCUT2D eigenvalue weighted by molar-refractivity contribution is 7.99. The Morgan fingerprint density at radius 3 is 2.37 bits per heavy atom. The number of aliphatic hydroxyl groups is 3. The summed E-state index contributed by atoms with van der Waals surface area (Å²) in [5.74, 6) is -3.27. The zero-order valence-electron chi connectivity index (χ0n) is 23.1. The number of ether oxygens (including phenoxy) is 2. The third-order valence-electron chi connectivity index (χ3n) is 6.70. The van der Waals surface area contributed by atoms with E-state index in [1.165, 1.54) is 6.92 Å². The van der Waals surface area contributed by atoms with Crippen LogP contribution < -0.4 is 10.6 Å². The zero-order chi connectivity index (χ0) is 30.0. The molecule has 1 saturated heterocycles. The highest BCUT2D eigenvalue weighted by Gasteiger charge is 2.55. The number of thioether (sulfide) groups is 1. The lowest BCUT2D eigenvalue weighted by Crippen LogP contribution is -2.68. The van der Waals surface area contributed by atoms with Gasteiger partial charge >= 0.3 is 5.97 Å². The molecule has 1 heterocycles. The number of benzene rings is 2. The fourth-order valence-electron chi connectivity index (χ4n) is 4.58. The van der Waals surface area contributed by atoms with E-state index in [1.807, 2.05) is 37.3 Å². The first-order chi connectivity index (χ1) is 19.6. The third kappa shape index (κ3) is 8.74. The highest BCUT2D eigenvalue weighted by Crippen LogP contribution is 2.34. The quantitative estimate of drug-likeness (QED) is 0.177. The lowest BCUT2D eigenvalue weighted by Gasteiger charge is -2.46. The van der Waals surface area contributed by atoms with E-state index in [0.29, 0.717) is 12.0 Å². The van der Waals surface area contributed by atoms with Crippen molar-refractivity contribution in [1.29, 1.82) is 0 Å². The van der Waals surface area contributed by atoms with Crippen molar-refractivity contribution in [3.05, 3.63) is 60.2 Å². The average molecular weight is 591 g/mol. The molecule has 6 N–H and O–H groups in total. The first-order valence-corrected chi connectivity index (χ1v) is 14.6. The number of carboxylic acid groups (broad SMARTS) is 1. The van der Waals surface area contributed by atoms with Crippen LogP contribution in [0, 0.1) is 0 Å². The molecular weight excluding hydrogens is 552 g/mol. The molecule has 1 aliphatic heterocycles. The summed E-state index contributed by atoms with van der Waals surface area (Å²) in [6.45, 7) is 2.78. The van der Waals surface area contributed by atoms with Gasteiger partial charge in [0.2, 0.25) is 5.91 Å². The molecule has 0 spiro atoms. The number of amides is 2. The largest absolute Gasteiger partial charge is 0.477 e. The Labute approximate surface area is 243 Å². The van der Waals surface area contributed by atoms with Crippen LogP contribution >= 0.6 is 11.8 Å². The van der Waals surface area contributed by atoms with Crippen LogP contribution in [0.2, 0.25) is 0 Å². The number of rotatable bonds is 14. The lowest BCUT2D eigenvalue weighted by atomic mass is 9.88. The van der Waals surface area contributed by atoms with Gasteiger partial charge in [-0.3, -0.25) is 9.59 Å². The van der Waals surface area contributed by atoms with Gasteiger partial charge < -0.3 is 40.5 Å². The Bertz CT molecular complexity index is 1150. The summed E-state index contributed by atoms with van der Waals surface area (Å²) in [6.07, 6.45) is -6.47. The Balaban J connectivity index is 1.69. The molecule has 0 aliphatic carbocycles. The summed E-state index contributed by atoms with van der Waals surface area (Å²) in [5, 5.41) is 47.5. The van der Waals surface area contributed by atoms with Crippen LogP contribution in [0.25, 0.3) is 11.1 Å². The maximum Gasteiger partial charge on any atom is 0.364 e. The maximum absolute atomic E-state index is 12.7. The van der Waals surface area contributed by atoms with E-state index in [0.717, 1.165) is 22.6 Å². The fraction of sp³-hybridized carbons (Fsp3) is 0.483. The van der Waals surface area contributed by atoms with Crippen LogP contribution in [0.1, 0.15) is 37.0 Å². The Kier molecular flexibility index (Phi) is 12.1. The molecule has 41 heavy (non-hydrogen) atoms. The predicted molar refractivity (Wildman–Crippen MR) is 153 cm³/mol. The molecule has 0 radical (unpaired) electrons. The van der Waals surface area contributed by atoms with E-state index in [1.54, 1.807) is 36.0 Å². The minimum absolute atomic E-state index is 0.0152. The summed E-state index contributed by atoms with van der Waals surface area (Å²) < 4.78 is 11.3. The molecule has 224 valence electrons. The minimum atomic E-state index is -2.31. The zero-order valence-corrected chi connectivity index (χ0v) is 23.9. The second-order valence-electron chi connectivity index (χ2n) is 9.75. The molecule has 2 amide bonds. The molecule has 11 nitrogen and oxygen atoms in total. The monoisotopic (exact) mass is 590 g/mol. The van der Waals surface area contributed by atoms with Crippen LogP contribution in [0.15, 0.2) is 54.6 Å². The van der Waals surface area contributed by atoms with E-state index in [-0.39, 0.29) is 6.61 Å². The summed E-state index contributed by atoms with van der Waals surface area (Å²) in [5.41, 5.74) is 2.23. The Hall–Kier alpha value is -3.00. The van der Waals surface area contributed by atoms with E-state index < -0.39 is 67.0 Å². The number of hydrogen-bond donors (Lipinski definition) is 6. The standard InChI is InChI=1S/C29H38N2O9S/c1-3-41-15-7-14-39-29(28(37)38)16-22(33)24(31-18(2)32)26(40-29)25(35)23(34)17-30-27(36)21-12-10-20(11-13-21)19-8-5-4-6-9-19/h4-6,8-13,22-26,33-35H,3,7,14-17H2,1-2H3,(H,30,36)(H,31,32)(H,37,38)/t22-,23?,24+,25+,26?,29+/m0/s1. The van der Waals surface area contributed by atoms with Crippen molar-refractivity contribution in [2.75, 3.05) is 24.7 Å². The van der Waals surface area contributed by atoms with Crippen LogP contribution in [0.5, 0.6) is 0 Å². The SMILES string of the molecule is CCSCCCO[C@]1(C(=O)O)C[C@H](O)[C@@H](NC(C)=O)C([C@H](O)C(O)CNC(=O)c2ccc(-c3ccccc3)cc2)O1. The third-order valence-corrected chi connectivity index (χ3v) is 7.68. The predicted octanol–water partition coefficient (Wildman–Crippen LogP) is 1.40. The lowest BCUT2D eigenvalue weighted by molar-refractivity contribution is -0.310. The van der Waals surface area contributed by atoms with Crippen molar-refractivity contribution < 1.29 is 44.3 Å². The summed E-state index contributed by atoms with van der Waals surface area (Å²) in [6, 6.07) is 15.2. The number of nitrogens with one attached hydrogen (secondary N) is 2. The normalized spacial score (nSPS) is 23.8. The molecule has 12 heteroatoms. The number of carboxylic acids is 1. The summed E-state index contributed by atoms with van der Waals surface area (Å²) in [4.78, 5) is 36.8. The first-order valence-electron chi connectivity index (χ1n) is 13.5. The van der Waals surface area contributed by atoms with Gasteiger partial charge in [0.1, 0.15) is 12.2 Å². The highest BCUT2D eigenvalue weighted by atomic mass is 32.2. The van der Waals surface area contributed by atoms with Gasteiger partial charge in [-0.25, -0.2) is 4.79 Å². The Morgan fingerprint density at radius 1 is 1.10 bits per heavy atom. The molecule has 2 aromatic rings. The molecule has 0 saturated carbocycles. The van der Waals surface area contributed by atoms with Crippen molar-refractivity contribution >= 4 is 29.5 Å². The van der Waals surface area contributed by atoms with Gasteiger partial charge in [-0.2, -0.15) is 11.8 Å². The molecule has 2 unspecified atom stereocenters. The second-order valence-corrected chi connectivity index (χ2v) is 11.1. The molecule has 1 aliphatic rings. The van der Waals surface area contributed by atoms with E-state index >= 15 is 0 Å². The number of aliphatic carboxylic acids is 1. The van der Waals surface area contributed by atoms with Gasteiger partial charge in [-0.1, -0.05) is 49.4 Å². The van der Waals surface area contributed by atoms with Crippen molar-refractivity contribution in [2.24, 2.45) is 0 Å². The van der Waals surface area contributed by atoms with Crippen molar-refractivity contribution in [3.8, 4) is 11.1 Å². The molecular formula is C29H38N2O9S. The number of carbonyl (C=O) groups is 3. The van der Waals surface area contributed by atoms with Gasteiger partial charge in [0, 0.05) is 25.5 Å². The van der Waals surface area contributed by atoms with Gasteiger partial charge in [0.25, 0.3) is 11.7 Å². The number of hydrogen-bond acceptors (Lipinski definition) is 9. The average Bonchev–Trinajstić information content (AvgIpc) is 2.96. The van der Waals surface area contributed by atoms with E-state index in [4.69, 9.17) is 9.47 Å². The van der Waals surface area contributed by atoms with Crippen molar-refractivity contribution in [1.82, 2.24) is 10.6 Å². The summed E-state index contributed by atoms with van der Waals surface area (Å²) >= 11 is 1.65. The van der Waals surface area contributed by atoms with Crippen molar-refractivity contribution in [3.63, 3.8) is 0 Å². The molecule has 6 atom stereocenters. The molecule has 0 aromatic heterocycles. The maximum atomic E-state index is 12.7. The van der Waals surface area contributed by atoms with Gasteiger partial charge in [0.15, 0.2) is 0 Å². The van der Waals surface area contributed by atoms with Crippen LogP contribution in [-0.4, -0.2) is 99.1 Å². The minimum Gasteiger partial charge on any atom is -0.477 e. The Morgan fingerprint density at radius 2 is 1.76 bits per heavy atom. The van der Waals surface area contributed by atoms with E-state index in [2.05, 4.69) is 10.6 Å². The second kappa shape index (κ2) is 15.3. The number of carbonyl (C=O) groups excluding carboxylic acids is 2. The molecule has 0 bridgehead atoms. The van der Waals surface area contributed by atoms with Gasteiger partial charge in [-0.15, -0.1) is 0 Å².